The first-order chi connectivity index (χ1) is 13.9. The van der Waals surface area contributed by atoms with Crippen LogP contribution in [0.25, 0.3) is 5.69 Å². The van der Waals surface area contributed by atoms with Crippen LogP contribution >= 0.6 is 0 Å². The number of rotatable bonds is 4. The van der Waals surface area contributed by atoms with Gasteiger partial charge in [0.2, 0.25) is 0 Å². The highest BCUT2D eigenvalue weighted by atomic mass is 19.1. The third-order valence-corrected chi connectivity index (χ3v) is 4.48. The van der Waals surface area contributed by atoms with E-state index in [1.807, 2.05) is 19.1 Å². The van der Waals surface area contributed by atoms with E-state index in [0.29, 0.717) is 15.1 Å². The van der Waals surface area contributed by atoms with E-state index < -0.39 is 29.2 Å². The smallest absolute Gasteiger partial charge is 0.377 e. The maximum absolute atomic E-state index is 14.4. The number of ether oxygens (including phenoxy) is 1. The summed E-state index contributed by atoms with van der Waals surface area (Å²) in [7, 11) is 1.13. The number of allylic oxidation sites excluding steroid dienone is 3. The summed E-state index contributed by atoms with van der Waals surface area (Å²) >= 11 is 0. The molecule has 0 spiro atoms. The third kappa shape index (κ3) is 3.73. The van der Waals surface area contributed by atoms with Gasteiger partial charge in [0.15, 0.2) is 0 Å². The topological polar surface area (TPSA) is 99.3 Å². The molecule has 0 fully saturated rings. The molecule has 1 aliphatic carbocycles. The first-order valence-electron chi connectivity index (χ1n) is 9.01. The van der Waals surface area contributed by atoms with Crippen molar-refractivity contribution < 1.29 is 18.7 Å². The number of nitrogens with zero attached hydrogens (tertiary/aromatic N) is 5. The number of tetrazole rings is 1. The Morgan fingerprint density at radius 1 is 1.34 bits per heavy atom. The number of benzene rings is 1. The summed E-state index contributed by atoms with van der Waals surface area (Å²) in [5.74, 6) is -1.49. The summed E-state index contributed by atoms with van der Waals surface area (Å²) < 4.78 is 20.2. The number of likely N-dealkylation sites (N-methyl/N-ethyl adjacent to an activating group) is 1. The van der Waals surface area contributed by atoms with Gasteiger partial charge in [0.1, 0.15) is 11.5 Å². The molecule has 0 radical (unpaired) electrons. The average molecular weight is 401 g/mol. The molecule has 1 aromatic heterocycles. The summed E-state index contributed by atoms with van der Waals surface area (Å²) in [6.07, 6.45) is 6.51. The predicted octanol–water partition coefficient (Wildman–Crippen LogP) is 2.12. The van der Waals surface area contributed by atoms with Gasteiger partial charge in [-0.05, 0) is 47.9 Å². The zero-order valence-electron chi connectivity index (χ0n) is 16.2. The Morgan fingerprint density at radius 2 is 2.10 bits per heavy atom. The van der Waals surface area contributed by atoms with Crippen molar-refractivity contribution in [1.29, 1.82) is 0 Å². The Balaban J connectivity index is 2.05. The molecule has 29 heavy (non-hydrogen) atoms. The van der Waals surface area contributed by atoms with E-state index in [9.17, 15) is 18.8 Å². The lowest BCUT2D eigenvalue weighted by atomic mass is 10.0. The second-order valence-electron chi connectivity index (χ2n) is 6.45. The Hall–Kier alpha value is -3.56. The number of halogens is 1. The normalized spacial score (nSPS) is 15.7. The van der Waals surface area contributed by atoms with Gasteiger partial charge in [-0.2, -0.15) is 4.68 Å². The molecule has 1 amide bonds. The summed E-state index contributed by atoms with van der Waals surface area (Å²) in [5.41, 5.74) is -1.01. The van der Waals surface area contributed by atoms with Crippen LogP contribution in [-0.2, 0) is 4.74 Å². The van der Waals surface area contributed by atoms with Gasteiger partial charge in [-0.25, -0.2) is 18.8 Å². The van der Waals surface area contributed by atoms with Crippen LogP contribution in [0.1, 0.15) is 30.6 Å². The van der Waals surface area contributed by atoms with Crippen LogP contribution < -0.4 is 5.69 Å². The van der Waals surface area contributed by atoms with Crippen molar-refractivity contribution in [2.75, 3.05) is 13.7 Å². The van der Waals surface area contributed by atoms with E-state index in [4.69, 9.17) is 0 Å². The number of carbonyl (C=O) groups excluding carboxylic acids is 2. The second-order valence-corrected chi connectivity index (χ2v) is 6.45. The molecule has 1 aliphatic rings. The molecule has 1 unspecified atom stereocenters. The standard InChI is InChI=1S/C19H20FN5O4/c1-4-23(13-8-5-7-12(2)11-13)18(27)25-19(28)24(21-22-25)16-14(17(26)29-3)9-6-10-15(16)20/h5-6,8-12H,4,7H2,1-3H3. The van der Waals surface area contributed by atoms with Crippen LogP contribution in [0, 0.1) is 11.7 Å². The van der Waals surface area contributed by atoms with Crippen LogP contribution in [0.15, 0.2) is 46.9 Å². The minimum absolute atomic E-state index is 0.215. The van der Waals surface area contributed by atoms with Crippen LogP contribution in [0.4, 0.5) is 9.18 Å². The monoisotopic (exact) mass is 401 g/mol. The zero-order valence-corrected chi connectivity index (χ0v) is 16.2. The van der Waals surface area contributed by atoms with Gasteiger partial charge in [-0.1, -0.05) is 25.1 Å². The lowest BCUT2D eigenvalue weighted by Gasteiger charge is -2.24. The second kappa shape index (κ2) is 8.21. The summed E-state index contributed by atoms with van der Waals surface area (Å²) in [6, 6.07) is 2.92. The molecule has 2 aromatic rings. The van der Waals surface area contributed by atoms with Gasteiger partial charge in [0, 0.05) is 12.2 Å². The number of methoxy groups -OCH3 is 1. The van der Waals surface area contributed by atoms with Crippen molar-refractivity contribution >= 4 is 12.0 Å². The lowest BCUT2D eigenvalue weighted by molar-refractivity contribution is 0.0600. The van der Waals surface area contributed by atoms with Gasteiger partial charge < -0.3 is 4.74 Å². The Bertz CT molecular complexity index is 1070. The average Bonchev–Trinajstić information content (AvgIpc) is 3.08. The van der Waals surface area contributed by atoms with E-state index in [-0.39, 0.29) is 18.0 Å². The van der Waals surface area contributed by atoms with Crippen LogP contribution in [-0.4, -0.2) is 50.3 Å². The fourth-order valence-electron chi connectivity index (χ4n) is 3.05. The van der Waals surface area contributed by atoms with Crippen LogP contribution in [0.3, 0.4) is 0 Å². The molecule has 0 bridgehead atoms. The molecule has 10 heteroatoms. The van der Waals surface area contributed by atoms with Crippen molar-refractivity contribution in [1.82, 2.24) is 24.7 Å². The fraction of sp³-hybridized carbons (Fsp3) is 0.316. The molecule has 0 N–H and O–H groups in total. The van der Waals surface area contributed by atoms with Crippen molar-refractivity contribution in [2.45, 2.75) is 20.3 Å². The van der Waals surface area contributed by atoms with E-state index in [2.05, 4.69) is 15.2 Å². The molecule has 1 heterocycles. The first-order valence-corrected chi connectivity index (χ1v) is 9.01. The molecule has 1 aromatic carbocycles. The maximum atomic E-state index is 14.4. The number of amides is 1. The van der Waals surface area contributed by atoms with Crippen molar-refractivity contribution in [3.05, 3.63) is 64.0 Å². The number of hydrogen-bond donors (Lipinski definition) is 0. The molecule has 0 saturated carbocycles. The predicted molar refractivity (Wildman–Crippen MR) is 101 cm³/mol. The van der Waals surface area contributed by atoms with E-state index >= 15 is 0 Å². The molecular weight excluding hydrogens is 381 g/mol. The van der Waals surface area contributed by atoms with E-state index in [1.165, 1.54) is 17.0 Å². The van der Waals surface area contributed by atoms with Gasteiger partial charge in [0.05, 0.1) is 12.7 Å². The minimum atomic E-state index is -1.00. The van der Waals surface area contributed by atoms with E-state index in [1.54, 1.807) is 13.0 Å². The summed E-state index contributed by atoms with van der Waals surface area (Å²) in [6.45, 7) is 4.05. The molecule has 3 rings (SSSR count). The quantitative estimate of drug-likeness (QED) is 0.575. The van der Waals surface area contributed by atoms with Crippen molar-refractivity contribution in [3.63, 3.8) is 0 Å². The molecule has 0 saturated heterocycles. The van der Waals surface area contributed by atoms with Crippen molar-refractivity contribution in [2.24, 2.45) is 5.92 Å². The minimum Gasteiger partial charge on any atom is -0.465 e. The maximum Gasteiger partial charge on any atom is 0.377 e. The van der Waals surface area contributed by atoms with Crippen molar-refractivity contribution in [3.8, 4) is 5.69 Å². The molecule has 1 atom stereocenters. The number of aromatic nitrogens is 4. The van der Waals surface area contributed by atoms with Gasteiger partial charge in [-0.15, -0.1) is 4.68 Å². The largest absolute Gasteiger partial charge is 0.465 e. The number of para-hydroxylation sites is 1. The number of carbonyl (C=O) groups is 2. The first kappa shape index (κ1) is 20.2. The van der Waals surface area contributed by atoms with Gasteiger partial charge in [-0.3, -0.25) is 4.90 Å². The highest BCUT2D eigenvalue weighted by Gasteiger charge is 2.26. The molecule has 9 nitrogen and oxygen atoms in total. The fourth-order valence-corrected chi connectivity index (χ4v) is 3.05. The van der Waals surface area contributed by atoms with E-state index in [0.717, 1.165) is 19.6 Å². The van der Waals surface area contributed by atoms with Crippen LogP contribution in [0.2, 0.25) is 0 Å². The SMILES string of the molecule is CCN(C(=O)n1nnn(-c2c(F)cccc2C(=O)OC)c1=O)C1=CC(C)CC=C1. The number of hydrogen-bond acceptors (Lipinski definition) is 6. The summed E-state index contributed by atoms with van der Waals surface area (Å²) in [5, 5.41) is 7.20. The Morgan fingerprint density at radius 3 is 2.76 bits per heavy atom. The third-order valence-electron chi connectivity index (χ3n) is 4.48. The zero-order chi connectivity index (χ0) is 21.1. The molecule has 0 aliphatic heterocycles. The van der Waals surface area contributed by atoms with Gasteiger partial charge >= 0.3 is 17.7 Å². The lowest BCUT2D eigenvalue weighted by Crippen LogP contribution is -2.40. The van der Waals surface area contributed by atoms with Crippen LogP contribution in [0.5, 0.6) is 0 Å². The molecular formula is C19H20FN5O4. The number of esters is 1. The Kier molecular flexibility index (Phi) is 5.71. The molecule has 152 valence electrons. The highest BCUT2D eigenvalue weighted by molar-refractivity contribution is 5.93. The highest BCUT2D eigenvalue weighted by Crippen LogP contribution is 2.20. The Labute approximate surface area is 165 Å². The summed E-state index contributed by atoms with van der Waals surface area (Å²) in [4.78, 5) is 39.0. The van der Waals surface area contributed by atoms with Gasteiger partial charge in [0.25, 0.3) is 0 Å².